The molecule has 0 saturated carbocycles. The molecular weight excluding hydrogens is 435 g/mol. The smallest absolute Gasteiger partial charge is 0.295 e. The van der Waals surface area contributed by atoms with Crippen LogP contribution < -0.4 is 9.64 Å². The number of carbonyl (C=O) groups is 2. The standard InChI is InChI=1S/C27H25FN2O4/c1-29(2)21-12-8-18(9-13-21)24-23(25(31)19-6-10-20(28)11-7-19)26(32)27(33)30(24)16-17-4-14-22(34-3)15-5-17/h4-15,24,31H,16H2,1-3H3/b25-23-. The van der Waals surface area contributed by atoms with E-state index in [9.17, 15) is 19.1 Å². The Morgan fingerprint density at radius 1 is 0.971 bits per heavy atom. The minimum Gasteiger partial charge on any atom is -0.507 e. The molecule has 0 bridgehead atoms. The van der Waals surface area contributed by atoms with E-state index in [1.54, 1.807) is 19.2 Å². The number of rotatable bonds is 6. The quantitative estimate of drug-likeness (QED) is 0.333. The molecule has 0 radical (unpaired) electrons. The number of hydrogen-bond acceptors (Lipinski definition) is 5. The van der Waals surface area contributed by atoms with Crippen molar-refractivity contribution >= 4 is 23.1 Å². The summed E-state index contributed by atoms with van der Waals surface area (Å²) < 4.78 is 18.6. The Bertz CT molecular complexity index is 1230. The van der Waals surface area contributed by atoms with Gasteiger partial charge < -0.3 is 19.6 Å². The van der Waals surface area contributed by atoms with Crippen LogP contribution >= 0.6 is 0 Å². The summed E-state index contributed by atoms with van der Waals surface area (Å²) in [6.45, 7) is 0.162. The molecule has 1 amide bonds. The lowest BCUT2D eigenvalue weighted by atomic mass is 9.95. The van der Waals surface area contributed by atoms with Crippen LogP contribution in [-0.4, -0.2) is 42.9 Å². The van der Waals surface area contributed by atoms with Gasteiger partial charge in [0.1, 0.15) is 17.3 Å². The number of amides is 1. The number of anilines is 1. The lowest BCUT2D eigenvalue weighted by Gasteiger charge is -2.26. The highest BCUT2D eigenvalue weighted by Crippen LogP contribution is 2.40. The normalized spacial score (nSPS) is 17.2. The van der Waals surface area contributed by atoms with Gasteiger partial charge in [-0.05, 0) is 59.7 Å². The zero-order valence-corrected chi connectivity index (χ0v) is 19.2. The molecule has 34 heavy (non-hydrogen) atoms. The number of aliphatic hydroxyl groups excluding tert-OH is 1. The van der Waals surface area contributed by atoms with Gasteiger partial charge >= 0.3 is 0 Å². The second-order valence-corrected chi connectivity index (χ2v) is 8.27. The van der Waals surface area contributed by atoms with Gasteiger partial charge in [-0.15, -0.1) is 0 Å². The topological polar surface area (TPSA) is 70.1 Å². The molecule has 1 unspecified atom stereocenters. The van der Waals surface area contributed by atoms with E-state index < -0.39 is 23.5 Å². The molecule has 7 heteroatoms. The van der Waals surface area contributed by atoms with E-state index in [0.717, 1.165) is 11.3 Å². The average molecular weight is 461 g/mol. The van der Waals surface area contributed by atoms with Crippen LogP contribution in [-0.2, 0) is 16.1 Å². The highest BCUT2D eigenvalue weighted by atomic mass is 19.1. The Morgan fingerprint density at radius 2 is 1.59 bits per heavy atom. The van der Waals surface area contributed by atoms with Crippen LogP contribution in [0, 0.1) is 5.82 Å². The molecule has 1 atom stereocenters. The van der Waals surface area contributed by atoms with Gasteiger partial charge in [0, 0.05) is 31.9 Å². The lowest BCUT2D eigenvalue weighted by molar-refractivity contribution is -0.140. The van der Waals surface area contributed by atoms with Crippen LogP contribution in [0.5, 0.6) is 5.75 Å². The van der Waals surface area contributed by atoms with Gasteiger partial charge in [-0.3, -0.25) is 9.59 Å². The van der Waals surface area contributed by atoms with E-state index in [2.05, 4.69) is 0 Å². The Balaban J connectivity index is 1.82. The van der Waals surface area contributed by atoms with Gasteiger partial charge in [0.25, 0.3) is 11.7 Å². The zero-order chi connectivity index (χ0) is 24.4. The number of ether oxygens (including phenoxy) is 1. The average Bonchev–Trinajstić information content (AvgIpc) is 3.09. The molecule has 0 aromatic heterocycles. The van der Waals surface area contributed by atoms with Crippen molar-refractivity contribution in [2.24, 2.45) is 0 Å². The molecule has 0 spiro atoms. The monoisotopic (exact) mass is 460 g/mol. The minimum atomic E-state index is -0.802. The number of aliphatic hydroxyl groups is 1. The van der Waals surface area contributed by atoms with Gasteiger partial charge in [-0.1, -0.05) is 24.3 Å². The molecule has 1 N–H and O–H groups in total. The maximum Gasteiger partial charge on any atom is 0.295 e. The fourth-order valence-corrected chi connectivity index (χ4v) is 4.04. The first-order chi connectivity index (χ1) is 16.3. The Hall–Kier alpha value is -4.13. The minimum absolute atomic E-state index is 0.0253. The van der Waals surface area contributed by atoms with Gasteiger partial charge in [0.05, 0.1) is 18.7 Å². The predicted molar refractivity (Wildman–Crippen MR) is 128 cm³/mol. The summed E-state index contributed by atoms with van der Waals surface area (Å²) in [6.07, 6.45) is 0. The molecule has 0 aliphatic carbocycles. The first-order valence-corrected chi connectivity index (χ1v) is 10.7. The molecule has 1 saturated heterocycles. The molecule has 6 nitrogen and oxygen atoms in total. The van der Waals surface area contributed by atoms with Crippen molar-refractivity contribution in [2.45, 2.75) is 12.6 Å². The molecule has 3 aromatic rings. The van der Waals surface area contributed by atoms with Crippen LogP contribution in [0.1, 0.15) is 22.7 Å². The lowest BCUT2D eigenvalue weighted by Crippen LogP contribution is -2.29. The van der Waals surface area contributed by atoms with Crippen LogP contribution in [0.25, 0.3) is 5.76 Å². The van der Waals surface area contributed by atoms with Gasteiger partial charge in [-0.25, -0.2) is 4.39 Å². The third-order valence-corrected chi connectivity index (χ3v) is 5.89. The van der Waals surface area contributed by atoms with Crippen LogP contribution in [0.3, 0.4) is 0 Å². The summed E-state index contributed by atoms with van der Waals surface area (Å²) in [6, 6.07) is 19.0. The van der Waals surface area contributed by atoms with E-state index in [0.29, 0.717) is 11.3 Å². The highest BCUT2D eigenvalue weighted by Gasteiger charge is 2.46. The van der Waals surface area contributed by atoms with Crippen molar-refractivity contribution in [2.75, 3.05) is 26.1 Å². The summed E-state index contributed by atoms with van der Waals surface area (Å²) in [5.74, 6) is -1.61. The SMILES string of the molecule is COc1ccc(CN2C(=O)C(=O)/C(=C(\O)c3ccc(F)cc3)C2c2ccc(N(C)C)cc2)cc1. The number of ketones is 1. The van der Waals surface area contributed by atoms with E-state index in [4.69, 9.17) is 4.74 Å². The fraction of sp³-hybridized carbons (Fsp3) is 0.185. The van der Waals surface area contributed by atoms with Crippen LogP contribution in [0.15, 0.2) is 78.4 Å². The highest BCUT2D eigenvalue weighted by molar-refractivity contribution is 6.46. The Morgan fingerprint density at radius 3 is 2.15 bits per heavy atom. The summed E-state index contributed by atoms with van der Waals surface area (Å²) in [7, 11) is 5.40. The van der Waals surface area contributed by atoms with Crippen molar-refractivity contribution in [3.8, 4) is 5.75 Å². The molecular formula is C27H25FN2O4. The summed E-state index contributed by atoms with van der Waals surface area (Å²) in [5.41, 5.74) is 2.68. The maximum atomic E-state index is 13.4. The summed E-state index contributed by atoms with van der Waals surface area (Å²) in [5, 5.41) is 11.1. The predicted octanol–water partition coefficient (Wildman–Crippen LogP) is 4.52. The van der Waals surface area contributed by atoms with Crippen molar-refractivity contribution < 1.29 is 23.8 Å². The number of Topliss-reactive ketones (excluding diaryl/α,β-unsaturated/α-hetero) is 1. The number of nitrogens with zero attached hydrogens (tertiary/aromatic N) is 2. The second-order valence-electron chi connectivity index (χ2n) is 8.27. The number of benzene rings is 3. The number of carbonyl (C=O) groups excluding carboxylic acids is 2. The van der Waals surface area contributed by atoms with E-state index in [1.165, 1.54) is 29.2 Å². The Labute approximate surface area is 197 Å². The van der Waals surface area contributed by atoms with Gasteiger partial charge in [-0.2, -0.15) is 0 Å². The summed E-state index contributed by atoms with van der Waals surface area (Å²) >= 11 is 0. The molecule has 1 heterocycles. The largest absolute Gasteiger partial charge is 0.507 e. The summed E-state index contributed by atoms with van der Waals surface area (Å²) in [4.78, 5) is 29.7. The molecule has 1 fully saturated rings. The van der Waals surface area contributed by atoms with E-state index in [-0.39, 0.29) is 23.4 Å². The number of halogens is 1. The van der Waals surface area contributed by atoms with Gasteiger partial charge in [0.15, 0.2) is 0 Å². The number of likely N-dealkylation sites (tertiary alicyclic amines) is 1. The number of methoxy groups -OCH3 is 1. The third kappa shape index (κ3) is 4.37. The second kappa shape index (κ2) is 9.39. The maximum absolute atomic E-state index is 13.4. The first kappa shape index (κ1) is 23.0. The van der Waals surface area contributed by atoms with Crippen molar-refractivity contribution in [1.29, 1.82) is 0 Å². The van der Waals surface area contributed by atoms with E-state index in [1.807, 2.05) is 55.4 Å². The third-order valence-electron chi connectivity index (χ3n) is 5.89. The van der Waals surface area contributed by atoms with E-state index >= 15 is 0 Å². The molecule has 4 rings (SSSR count). The fourth-order valence-electron chi connectivity index (χ4n) is 4.04. The molecule has 1 aliphatic rings. The molecule has 174 valence electrons. The van der Waals surface area contributed by atoms with Crippen molar-refractivity contribution in [1.82, 2.24) is 4.90 Å². The van der Waals surface area contributed by atoms with Crippen molar-refractivity contribution in [3.63, 3.8) is 0 Å². The Kier molecular flexibility index (Phi) is 6.36. The first-order valence-electron chi connectivity index (χ1n) is 10.7. The molecule has 3 aromatic carbocycles. The van der Waals surface area contributed by atoms with Gasteiger partial charge in [0.2, 0.25) is 0 Å². The molecule has 1 aliphatic heterocycles. The zero-order valence-electron chi connectivity index (χ0n) is 19.2. The number of hydrogen-bond donors (Lipinski definition) is 1. The van der Waals surface area contributed by atoms with Crippen LogP contribution in [0.4, 0.5) is 10.1 Å². The van der Waals surface area contributed by atoms with Crippen molar-refractivity contribution in [3.05, 3.63) is 101 Å². The van der Waals surface area contributed by atoms with Crippen LogP contribution in [0.2, 0.25) is 0 Å².